The number of carbonyl (C=O) groups excluding carboxylic acids is 1. The van der Waals surface area contributed by atoms with E-state index in [4.69, 9.17) is 0 Å². The first-order valence-corrected chi connectivity index (χ1v) is 11.5. The van der Waals surface area contributed by atoms with Crippen LogP contribution in [0.1, 0.15) is 36.5 Å². The van der Waals surface area contributed by atoms with Gasteiger partial charge in [0.1, 0.15) is 5.82 Å². The second-order valence-corrected chi connectivity index (χ2v) is 8.84. The van der Waals surface area contributed by atoms with Crippen LogP contribution < -0.4 is 10.9 Å². The molecule has 0 aliphatic carbocycles. The molecule has 4 rings (SSSR count). The molecule has 2 heterocycles. The fraction of sp³-hybridized carbons (Fsp3) is 0.385. The number of hydrogen-bond acceptors (Lipinski definition) is 3. The summed E-state index contributed by atoms with van der Waals surface area (Å²) in [4.78, 5) is 33.3. The van der Waals surface area contributed by atoms with Gasteiger partial charge in [0, 0.05) is 23.8 Å². The lowest BCUT2D eigenvalue weighted by Gasteiger charge is -2.30. The third-order valence-electron chi connectivity index (χ3n) is 6.71. The number of fused-ring (bicyclic) bond motifs is 1. The lowest BCUT2D eigenvalue weighted by molar-refractivity contribution is 0.174. The van der Waals surface area contributed by atoms with Gasteiger partial charge in [-0.1, -0.05) is 19.1 Å². The molecule has 0 unspecified atom stereocenters. The zero-order chi connectivity index (χ0) is 23.5. The van der Waals surface area contributed by atoms with Gasteiger partial charge in [-0.15, -0.1) is 0 Å². The predicted octanol–water partition coefficient (Wildman–Crippen LogP) is 4.80. The Labute approximate surface area is 193 Å². The Hall–Kier alpha value is -3.19. The monoisotopic (exact) mass is 450 g/mol. The van der Waals surface area contributed by atoms with Gasteiger partial charge >= 0.3 is 6.03 Å². The molecule has 1 aliphatic rings. The fourth-order valence-corrected chi connectivity index (χ4v) is 4.62. The zero-order valence-corrected chi connectivity index (χ0v) is 19.5. The molecule has 1 aromatic heterocycles. The Morgan fingerprint density at radius 1 is 1.21 bits per heavy atom. The number of hydrogen-bond donors (Lipinski definition) is 2. The van der Waals surface area contributed by atoms with Crippen LogP contribution in [-0.2, 0) is 6.54 Å². The maximum absolute atomic E-state index is 13.3. The third-order valence-corrected chi connectivity index (χ3v) is 6.71. The number of likely N-dealkylation sites (tertiary alicyclic amines) is 1. The highest BCUT2D eigenvalue weighted by molar-refractivity contribution is 5.89. The molecule has 0 saturated carbocycles. The number of urea groups is 1. The number of rotatable bonds is 6. The maximum atomic E-state index is 13.3. The van der Waals surface area contributed by atoms with Crippen molar-refractivity contribution in [3.63, 3.8) is 0 Å². The van der Waals surface area contributed by atoms with E-state index in [1.165, 1.54) is 24.3 Å². The van der Waals surface area contributed by atoms with Crippen LogP contribution in [0.5, 0.6) is 0 Å². The van der Waals surface area contributed by atoms with E-state index < -0.39 is 0 Å². The normalized spacial score (nSPS) is 16.3. The van der Waals surface area contributed by atoms with Gasteiger partial charge in [0.15, 0.2) is 0 Å². The molecule has 2 N–H and O–H groups in total. The van der Waals surface area contributed by atoms with Crippen LogP contribution in [0.2, 0.25) is 0 Å². The Morgan fingerprint density at radius 3 is 2.70 bits per heavy atom. The van der Waals surface area contributed by atoms with Crippen LogP contribution in [0, 0.1) is 19.7 Å². The topological polar surface area (TPSA) is 68.4 Å². The first kappa shape index (κ1) is 23.0. The number of likely N-dealkylation sites (N-methyl/N-ethyl adjacent to an activating group) is 1. The van der Waals surface area contributed by atoms with Gasteiger partial charge in [-0.3, -0.25) is 9.69 Å². The average Bonchev–Trinajstić information content (AvgIpc) is 3.25. The molecule has 174 valence electrons. The van der Waals surface area contributed by atoms with Gasteiger partial charge in [0.2, 0.25) is 0 Å². The molecule has 1 atom stereocenters. The van der Waals surface area contributed by atoms with Crippen molar-refractivity contribution >= 4 is 22.6 Å². The summed E-state index contributed by atoms with van der Waals surface area (Å²) in [6, 6.07) is 11.6. The molecule has 0 spiro atoms. The van der Waals surface area contributed by atoms with Crippen LogP contribution in [0.25, 0.3) is 10.9 Å². The van der Waals surface area contributed by atoms with Crippen molar-refractivity contribution < 1.29 is 9.18 Å². The van der Waals surface area contributed by atoms with E-state index in [1.807, 2.05) is 32.0 Å². The van der Waals surface area contributed by atoms with Crippen LogP contribution in [0.4, 0.5) is 14.9 Å². The standard InChI is InChI=1S/C26H31FN4O2/c1-4-30-13-5-6-23(30)16-31(26(33)28-22-11-9-21(27)10-12-22)15-20-14-19-8-7-17(2)18(3)24(19)29-25(20)32/h7-12,14,23H,4-6,13,15-16H2,1-3H3,(H,28,33)(H,29,32)/t23-/m0/s1. The minimum atomic E-state index is -0.359. The second kappa shape index (κ2) is 9.75. The molecular formula is C26H31FN4O2. The average molecular weight is 451 g/mol. The Kier molecular flexibility index (Phi) is 6.79. The molecule has 2 amide bonds. The first-order valence-electron chi connectivity index (χ1n) is 11.5. The van der Waals surface area contributed by atoms with Gasteiger partial charge in [-0.2, -0.15) is 0 Å². The summed E-state index contributed by atoms with van der Waals surface area (Å²) in [7, 11) is 0. The molecule has 3 aromatic rings. The maximum Gasteiger partial charge on any atom is 0.322 e. The number of anilines is 1. The largest absolute Gasteiger partial charge is 0.322 e. The van der Waals surface area contributed by atoms with Crippen molar-refractivity contribution in [3.8, 4) is 0 Å². The molecule has 0 bridgehead atoms. The lowest BCUT2D eigenvalue weighted by atomic mass is 10.0. The summed E-state index contributed by atoms with van der Waals surface area (Å²) < 4.78 is 13.3. The van der Waals surface area contributed by atoms with E-state index in [1.54, 1.807) is 4.90 Å². The number of aryl methyl sites for hydroxylation is 2. The highest BCUT2D eigenvalue weighted by atomic mass is 19.1. The summed E-state index contributed by atoms with van der Waals surface area (Å²) in [6.45, 7) is 8.79. The lowest BCUT2D eigenvalue weighted by Crippen LogP contribution is -2.45. The van der Waals surface area contributed by atoms with E-state index in [2.05, 4.69) is 22.1 Å². The predicted molar refractivity (Wildman–Crippen MR) is 130 cm³/mol. The molecule has 7 heteroatoms. The van der Waals surface area contributed by atoms with Gasteiger partial charge in [-0.25, -0.2) is 9.18 Å². The number of aromatic amines is 1. The molecule has 2 aromatic carbocycles. The second-order valence-electron chi connectivity index (χ2n) is 8.84. The minimum Gasteiger partial charge on any atom is -0.321 e. The van der Waals surface area contributed by atoms with Gasteiger partial charge < -0.3 is 15.2 Å². The van der Waals surface area contributed by atoms with Crippen LogP contribution in [0.15, 0.2) is 47.3 Å². The quantitative estimate of drug-likeness (QED) is 0.567. The van der Waals surface area contributed by atoms with Gasteiger partial charge in [0.05, 0.1) is 12.1 Å². The summed E-state index contributed by atoms with van der Waals surface area (Å²) in [5.74, 6) is -0.359. The van der Waals surface area contributed by atoms with Crippen LogP contribution >= 0.6 is 0 Å². The summed E-state index contributed by atoms with van der Waals surface area (Å²) in [5, 5.41) is 3.81. The molecule has 6 nitrogen and oxygen atoms in total. The number of aromatic nitrogens is 1. The van der Waals surface area contributed by atoms with Crippen molar-refractivity contribution in [2.75, 3.05) is 25.0 Å². The van der Waals surface area contributed by atoms with Crippen molar-refractivity contribution in [2.24, 2.45) is 0 Å². The number of nitrogens with zero attached hydrogens (tertiary/aromatic N) is 2. The molecule has 1 fully saturated rings. The van der Waals surface area contributed by atoms with E-state index in [0.717, 1.165) is 48.0 Å². The van der Waals surface area contributed by atoms with E-state index in [0.29, 0.717) is 17.8 Å². The third kappa shape index (κ3) is 5.09. The Morgan fingerprint density at radius 2 is 1.97 bits per heavy atom. The van der Waals surface area contributed by atoms with Crippen LogP contribution in [0.3, 0.4) is 0 Å². The summed E-state index contributed by atoms with van der Waals surface area (Å²) in [6.07, 6.45) is 2.11. The number of benzene rings is 2. The number of carbonyl (C=O) groups is 1. The van der Waals surface area contributed by atoms with Gasteiger partial charge in [0.25, 0.3) is 5.56 Å². The molecular weight excluding hydrogens is 419 g/mol. The number of pyridine rings is 1. The summed E-state index contributed by atoms with van der Waals surface area (Å²) in [5.41, 5.74) is 3.87. The Bertz CT molecular complexity index is 1210. The number of halogens is 1. The molecule has 33 heavy (non-hydrogen) atoms. The zero-order valence-electron chi connectivity index (χ0n) is 19.5. The SMILES string of the molecule is CCN1CCC[C@H]1CN(Cc1cc2ccc(C)c(C)c2[nH]c1=O)C(=O)Nc1ccc(F)cc1. The highest BCUT2D eigenvalue weighted by Gasteiger charge is 2.28. The minimum absolute atomic E-state index is 0.186. The molecule has 1 aliphatic heterocycles. The van der Waals surface area contributed by atoms with Crippen LogP contribution in [-0.4, -0.2) is 46.5 Å². The number of nitrogens with one attached hydrogen (secondary N) is 2. The van der Waals surface area contributed by atoms with E-state index in [-0.39, 0.29) is 30.0 Å². The fourth-order valence-electron chi connectivity index (χ4n) is 4.62. The Balaban J connectivity index is 1.63. The molecule has 0 radical (unpaired) electrons. The van der Waals surface area contributed by atoms with Crippen molar-refractivity contribution in [1.29, 1.82) is 0 Å². The first-order chi connectivity index (χ1) is 15.9. The number of H-pyrrole nitrogens is 1. The summed E-state index contributed by atoms with van der Waals surface area (Å²) >= 11 is 0. The van der Waals surface area contributed by atoms with E-state index >= 15 is 0 Å². The van der Waals surface area contributed by atoms with E-state index in [9.17, 15) is 14.0 Å². The molecule has 1 saturated heterocycles. The van der Waals surface area contributed by atoms with Crippen molar-refractivity contribution in [2.45, 2.75) is 46.2 Å². The smallest absolute Gasteiger partial charge is 0.321 e. The highest BCUT2D eigenvalue weighted by Crippen LogP contribution is 2.22. The number of amides is 2. The van der Waals surface area contributed by atoms with Crippen molar-refractivity contribution in [3.05, 3.63) is 75.3 Å². The van der Waals surface area contributed by atoms with Crippen molar-refractivity contribution in [1.82, 2.24) is 14.8 Å². The van der Waals surface area contributed by atoms with Gasteiger partial charge in [-0.05, 0) is 86.6 Å².